The van der Waals surface area contributed by atoms with Crippen LogP contribution in [0.2, 0.25) is 0 Å². The molecule has 0 fully saturated rings. The Morgan fingerprint density at radius 2 is 1.94 bits per heavy atom. The molecule has 0 amide bonds. The van der Waals surface area contributed by atoms with Gasteiger partial charge in [-0.25, -0.2) is 0 Å². The van der Waals surface area contributed by atoms with Crippen molar-refractivity contribution in [2.75, 3.05) is 6.61 Å². The molecule has 0 aromatic heterocycles. The lowest BCUT2D eigenvalue weighted by Crippen LogP contribution is -2.41. The number of hydrazine groups is 1. The molecule has 3 N–H and O–H groups in total. The van der Waals surface area contributed by atoms with Crippen LogP contribution >= 0.6 is 0 Å². The third-order valence-corrected chi connectivity index (χ3v) is 3.29. The summed E-state index contributed by atoms with van der Waals surface area (Å²) < 4.78 is 5.86. The molecule has 0 saturated carbocycles. The third kappa shape index (κ3) is 3.55. The predicted molar refractivity (Wildman–Crippen MR) is 76.2 cm³/mol. The summed E-state index contributed by atoms with van der Waals surface area (Å²) in [5.41, 5.74) is 6.64. The van der Waals surface area contributed by atoms with Crippen LogP contribution in [-0.2, 0) is 4.74 Å². The molecule has 0 bridgehead atoms. The SMILES string of the molecule is CCOC(C(C)C)C(NN)c1cc(C)ccc1C. The minimum atomic E-state index is 0.0323. The molecular weight excluding hydrogens is 224 g/mol. The van der Waals surface area contributed by atoms with Crippen molar-refractivity contribution in [3.8, 4) is 0 Å². The minimum Gasteiger partial charge on any atom is -0.376 e. The van der Waals surface area contributed by atoms with Gasteiger partial charge < -0.3 is 4.74 Å². The van der Waals surface area contributed by atoms with E-state index in [0.29, 0.717) is 12.5 Å². The van der Waals surface area contributed by atoms with Crippen LogP contribution in [0.3, 0.4) is 0 Å². The number of aryl methyl sites for hydroxylation is 2. The maximum atomic E-state index is 5.86. The van der Waals surface area contributed by atoms with Crippen molar-refractivity contribution < 1.29 is 4.74 Å². The number of rotatable bonds is 6. The van der Waals surface area contributed by atoms with Gasteiger partial charge in [-0.05, 0) is 37.8 Å². The molecule has 0 aliphatic carbocycles. The first kappa shape index (κ1) is 15.2. The number of nitrogens with one attached hydrogen (secondary N) is 1. The molecule has 1 aromatic rings. The van der Waals surface area contributed by atoms with E-state index in [1.54, 1.807) is 0 Å². The van der Waals surface area contributed by atoms with Gasteiger partial charge in [0.2, 0.25) is 0 Å². The first-order chi connectivity index (χ1) is 8.51. The Labute approximate surface area is 111 Å². The van der Waals surface area contributed by atoms with E-state index >= 15 is 0 Å². The average molecular weight is 250 g/mol. The van der Waals surface area contributed by atoms with Crippen molar-refractivity contribution in [1.29, 1.82) is 0 Å². The zero-order valence-corrected chi connectivity index (χ0v) is 12.2. The fourth-order valence-electron chi connectivity index (χ4n) is 2.32. The quantitative estimate of drug-likeness (QED) is 0.603. The highest BCUT2D eigenvalue weighted by Gasteiger charge is 2.26. The molecule has 0 aliphatic heterocycles. The van der Waals surface area contributed by atoms with E-state index < -0.39 is 0 Å². The summed E-state index contributed by atoms with van der Waals surface area (Å²) in [5, 5.41) is 0. The number of hydrogen-bond acceptors (Lipinski definition) is 3. The second-order valence-corrected chi connectivity index (χ2v) is 5.17. The molecule has 1 rings (SSSR count). The molecule has 18 heavy (non-hydrogen) atoms. The highest BCUT2D eigenvalue weighted by Crippen LogP contribution is 2.27. The summed E-state index contributed by atoms with van der Waals surface area (Å²) in [6, 6.07) is 6.48. The number of benzene rings is 1. The molecule has 0 radical (unpaired) electrons. The van der Waals surface area contributed by atoms with Gasteiger partial charge in [-0.2, -0.15) is 0 Å². The number of hydrogen-bond donors (Lipinski definition) is 2. The molecule has 0 spiro atoms. The van der Waals surface area contributed by atoms with Crippen LogP contribution in [0, 0.1) is 19.8 Å². The van der Waals surface area contributed by atoms with Gasteiger partial charge in [-0.1, -0.05) is 37.6 Å². The van der Waals surface area contributed by atoms with E-state index in [-0.39, 0.29) is 12.1 Å². The molecule has 0 heterocycles. The van der Waals surface area contributed by atoms with E-state index in [0.717, 1.165) is 0 Å². The smallest absolute Gasteiger partial charge is 0.0805 e. The fraction of sp³-hybridized carbons (Fsp3) is 0.600. The van der Waals surface area contributed by atoms with Crippen molar-refractivity contribution in [2.45, 2.75) is 46.8 Å². The molecule has 1 aromatic carbocycles. The zero-order chi connectivity index (χ0) is 13.7. The van der Waals surface area contributed by atoms with Crippen molar-refractivity contribution >= 4 is 0 Å². The number of ether oxygens (including phenoxy) is 1. The standard InChI is InChI=1S/C15H26N2O/c1-6-18-15(10(2)3)14(17-16)13-9-11(4)7-8-12(13)5/h7-10,14-15,17H,6,16H2,1-5H3. The van der Waals surface area contributed by atoms with Gasteiger partial charge >= 0.3 is 0 Å². The van der Waals surface area contributed by atoms with E-state index in [9.17, 15) is 0 Å². The monoisotopic (exact) mass is 250 g/mol. The first-order valence-corrected chi connectivity index (χ1v) is 6.66. The molecular formula is C15H26N2O. The molecule has 2 unspecified atom stereocenters. The molecule has 0 saturated heterocycles. The van der Waals surface area contributed by atoms with Crippen LogP contribution in [0.4, 0.5) is 0 Å². The Hall–Kier alpha value is -0.900. The Kier molecular flexibility index (Phi) is 5.79. The van der Waals surface area contributed by atoms with Crippen molar-refractivity contribution in [3.63, 3.8) is 0 Å². The average Bonchev–Trinajstić information content (AvgIpc) is 2.33. The molecule has 2 atom stereocenters. The van der Waals surface area contributed by atoms with Gasteiger partial charge in [0, 0.05) is 6.61 Å². The van der Waals surface area contributed by atoms with Gasteiger partial charge in [0.25, 0.3) is 0 Å². The van der Waals surface area contributed by atoms with Gasteiger partial charge in [-0.3, -0.25) is 11.3 Å². The highest BCUT2D eigenvalue weighted by molar-refractivity contribution is 5.33. The molecule has 0 aliphatic rings. The molecule has 102 valence electrons. The topological polar surface area (TPSA) is 47.3 Å². The Balaban J connectivity index is 3.10. The first-order valence-electron chi connectivity index (χ1n) is 6.66. The van der Waals surface area contributed by atoms with Crippen molar-refractivity contribution in [1.82, 2.24) is 5.43 Å². The highest BCUT2D eigenvalue weighted by atomic mass is 16.5. The lowest BCUT2D eigenvalue weighted by atomic mass is 9.90. The van der Waals surface area contributed by atoms with E-state index in [1.807, 2.05) is 6.92 Å². The van der Waals surface area contributed by atoms with Crippen LogP contribution in [0.5, 0.6) is 0 Å². The maximum absolute atomic E-state index is 5.86. The Bertz CT molecular complexity index is 377. The summed E-state index contributed by atoms with van der Waals surface area (Å²) >= 11 is 0. The summed E-state index contributed by atoms with van der Waals surface area (Å²) in [6.07, 6.45) is 0.0838. The molecule has 3 nitrogen and oxygen atoms in total. The van der Waals surface area contributed by atoms with Gasteiger partial charge in [0.1, 0.15) is 0 Å². The lowest BCUT2D eigenvalue weighted by Gasteiger charge is -2.31. The van der Waals surface area contributed by atoms with Crippen LogP contribution in [-0.4, -0.2) is 12.7 Å². The normalized spacial score (nSPS) is 14.8. The predicted octanol–water partition coefficient (Wildman–Crippen LogP) is 2.87. The maximum Gasteiger partial charge on any atom is 0.0805 e. The van der Waals surface area contributed by atoms with E-state index in [4.69, 9.17) is 10.6 Å². The van der Waals surface area contributed by atoms with Crippen LogP contribution in [0.25, 0.3) is 0 Å². The lowest BCUT2D eigenvalue weighted by molar-refractivity contribution is 0.00262. The summed E-state index contributed by atoms with van der Waals surface area (Å²) in [5.74, 6) is 6.17. The van der Waals surface area contributed by atoms with Gasteiger partial charge in [0.05, 0.1) is 12.1 Å². The fourth-order valence-corrected chi connectivity index (χ4v) is 2.32. The van der Waals surface area contributed by atoms with Crippen molar-refractivity contribution in [3.05, 3.63) is 34.9 Å². The number of nitrogens with two attached hydrogens (primary N) is 1. The van der Waals surface area contributed by atoms with E-state index in [2.05, 4.69) is 51.3 Å². The summed E-state index contributed by atoms with van der Waals surface area (Å²) in [4.78, 5) is 0. The van der Waals surface area contributed by atoms with E-state index in [1.165, 1.54) is 16.7 Å². The van der Waals surface area contributed by atoms with Crippen LogP contribution < -0.4 is 11.3 Å². The summed E-state index contributed by atoms with van der Waals surface area (Å²) in [7, 11) is 0. The van der Waals surface area contributed by atoms with Crippen molar-refractivity contribution in [2.24, 2.45) is 11.8 Å². The minimum absolute atomic E-state index is 0.0323. The van der Waals surface area contributed by atoms with Gasteiger partial charge in [0.15, 0.2) is 0 Å². The largest absolute Gasteiger partial charge is 0.376 e. The zero-order valence-electron chi connectivity index (χ0n) is 12.2. The van der Waals surface area contributed by atoms with Gasteiger partial charge in [-0.15, -0.1) is 0 Å². The van der Waals surface area contributed by atoms with Crippen LogP contribution in [0.1, 0.15) is 43.5 Å². The second kappa shape index (κ2) is 6.88. The Morgan fingerprint density at radius 1 is 1.28 bits per heavy atom. The Morgan fingerprint density at radius 3 is 2.44 bits per heavy atom. The second-order valence-electron chi connectivity index (χ2n) is 5.17. The van der Waals surface area contributed by atoms with Crippen LogP contribution in [0.15, 0.2) is 18.2 Å². The summed E-state index contributed by atoms with van der Waals surface area (Å²) in [6.45, 7) is 11.3. The molecule has 3 heteroatoms. The third-order valence-electron chi connectivity index (χ3n) is 3.29.